The fourth-order valence-corrected chi connectivity index (χ4v) is 12.9. The van der Waals surface area contributed by atoms with Gasteiger partial charge in [-0.25, -0.2) is 0 Å². The van der Waals surface area contributed by atoms with Crippen LogP contribution in [0.1, 0.15) is 103 Å². The van der Waals surface area contributed by atoms with Gasteiger partial charge in [0.25, 0.3) is 0 Å². The Morgan fingerprint density at radius 3 is 1.77 bits per heavy atom. The van der Waals surface area contributed by atoms with E-state index in [1.54, 1.807) is 0 Å². The quantitative estimate of drug-likeness (QED) is 0.176. The third-order valence-corrected chi connectivity index (χ3v) is 16.9. The summed E-state index contributed by atoms with van der Waals surface area (Å²) in [4.78, 5) is 0. The van der Waals surface area contributed by atoms with Gasteiger partial charge in [-0.1, -0.05) is 116 Å². The van der Waals surface area contributed by atoms with Crippen molar-refractivity contribution in [1.29, 1.82) is 0 Å². The summed E-state index contributed by atoms with van der Waals surface area (Å²) < 4.78 is 19.2. The van der Waals surface area contributed by atoms with Crippen molar-refractivity contribution in [2.75, 3.05) is 5.32 Å². The van der Waals surface area contributed by atoms with Gasteiger partial charge in [0.05, 0.1) is 50.5 Å². The SMILES string of the molecule is CC1(C)CCC(C)(C)c2cc3c4c(oc3cc21)Bc1c(-c2cccc3c2Nc2ccccc2O3)cc(-n2c3ccccc3c3ccccc32)c2c3cc5c(cc3n-4c12)C(C)(C)CCC5(C)C. The molecule has 5 heterocycles. The molecule has 6 heteroatoms. The van der Waals surface area contributed by atoms with Crippen LogP contribution in [0.2, 0.25) is 0 Å². The lowest BCUT2D eigenvalue weighted by molar-refractivity contribution is 0.332. The average molecular weight is 860 g/mol. The van der Waals surface area contributed by atoms with Crippen LogP contribution in [0.25, 0.3) is 77.1 Å². The fourth-order valence-electron chi connectivity index (χ4n) is 12.9. The number of anilines is 2. The van der Waals surface area contributed by atoms with Crippen LogP contribution in [0.4, 0.5) is 11.4 Å². The highest BCUT2D eigenvalue weighted by molar-refractivity contribution is 6.73. The van der Waals surface area contributed by atoms with E-state index < -0.39 is 0 Å². The van der Waals surface area contributed by atoms with Gasteiger partial charge in [0, 0.05) is 32.5 Å². The summed E-state index contributed by atoms with van der Waals surface area (Å²) in [7, 11) is 0.662. The minimum atomic E-state index is 0.0230. The van der Waals surface area contributed by atoms with Crippen LogP contribution in [0.3, 0.4) is 0 Å². The molecule has 2 aliphatic heterocycles. The molecule has 5 nitrogen and oxygen atoms in total. The Hall–Kier alpha value is -6.66. The van der Waals surface area contributed by atoms with Crippen LogP contribution in [-0.2, 0) is 21.7 Å². The highest BCUT2D eigenvalue weighted by Gasteiger charge is 2.42. The van der Waals surface area contributed by atoms with Crippen molar-refractivity contribution in [3.63, 3.8) is 0 Å². The van der Waals surface area contributed by atoms with Crippen LogP contribution >= 0.6 is 0 Å². The van der Waals surface area contributed by atoms with Crippen molar-refractivity contribution >= 4 is 84.4 Å². The van der Waals surface area contributed by atoms with Crippen LogP contribution in [0.5, 0.6) is 11.5 Å². The van der Waals surface area contributed by atoms with Crippen molar-refractivity contribution in [2.24, 2.45) is 0 Å². The number of benzene rings is 7. The molecule has 0 amide bonds. The molecule has 0 spiro atoms. The first-order valence-electron chi connectivity index (χ1n) is 24.1. The van der Waals surface area contributed by atoms with Crippen molar-refractivity contribution < 1.29 is 9.15 Å². The lowest BCUT2D eigenvalue weighted by Gasteiger charge is -2.42. The van der Waals surface area contributed by atoms with Crippen LogP contribution < -0.4 is 21.2 Å². The molecule has 2 aliphatic carbocycles. The first-order valence-corrected chi connectivity index (χ1v) is 24.1. The number of hydrogen-bond donors (Lipinski definition) is 1. The Kier molecular flexibility index (Phi) is 7.38. The maximum atomic E-state index is 7.31. The number of rotatable bonds is 2. The minimum absolute atomic E-state index is 0.0230. The monoisotopic (exact) mass is 859 g/mol. The Bertz CT molecular complexity index is 3760. The molecule has 0 fully saturated rings. The standard InChI is InChI=1S/C60H54BN3O2/c1-57(2)24-26-59(5,6)41-31-46-37(28-39(41)57)51-47(63-44-20-12-9-16-33(44)34-17-10-13-21-45(34)63)30-36(35-18-15-23-49-53(35)62-43-19-11-14-22-48(43)65-49)52-55(51)64(46)54-38-29-40-42(32-50(38)66-56(54)61-52)60(7,8)27-25-58(40,3)4/h9-23,28-32,61-62H,24-27H2,1-8H3. The topological polar surface area (TPSA) is 44.3 Å². The molecule has 0 unspecified atom stereocenters. The van der Waals surface area contributed by atoms with E-state index >= 15 is 0 Å². The van der Waals surface area contributed by atoms with Crippen LogP contribution in [0.15, 0.2) is 126 Å². The molecule has 14 rings (SSSR count). The van der Waals surface area contributed by atoms with Crippen molar-refractivity contribution in [3.05, 3.63) is 144 Å². The summed E-state index contributed by atoms with van der Waals surface area (Å²) in [6.45, 7) is 19.5. The zero-order valence-corrected chi connectivity index (χ0v) is 39.3. The molecule has 324 valence electrons. The van der Waals surface area contributed by atoms with Gasteiger partial charge < -0.3 is 23.6 Å². The van der Waals surface area contributed by atoms with Gasteiger partial charge in [0.15, 0.2) is 11.5 Å². The number of nitrogens with zero attached hydrogens (tertiary/aromatic N) is 2. The zero-order valence-electron chi connectivity index (χ0n) is 39.3. The van der Waals surface area contributed by atoms with Crippen molar-refractivity contribution in [3.8, 4) is 34.0 Å². The largest absolute Gasteiger partial charge is 0.469 e. The van der Waals surface area contributed by atoms with Gasteiger partial charge >= 0.3 is 0 Å². The molecule has 0 saturated carbocycles. The smallest absolute Gasteiger partial charge is 0.244 e. The fraction of sp³-hybridized carbons (Fsp3) is 0.267. The molecule has 3 aromatic heterocycles. The second kappa shape index (κ2) is 12.6. The molecule has 0 radical (unpaired) electrons. The lowest BCUT2D eigenvalue weighted by atomic mass is 9.61. The summed E-state index contributed by atoms with van der Waals surface area (Å²) in [5, 5.41) is 10.2. The predicted molar refractivity (Wildman–Crippen MR) is 277 cm³/mol. The highest BCUT2D eigenvalue weighted by atomic mass is 16.5. The molecule has 1 N–H and O–H groups in total. The van der Waals surface area contributed by atoms with E-state index in [4.69, 9.17) is 9.15 Å². The van der Waals surface area contributed by atoms with Gasteiger partial charge in [-0.2, -0.15) is 0 Å². The molecule has 0 saturated heterocycles. The second-order valence-corrected chi connectivity index (χ2v) is 22.6. The first kappa shape index (κ1) is 38.6. The van der Waals surface area contributed by atoms with Gasteiger partial charge in [-0.15, -0.1) is 0 Å². The number of fused-ring (bicyclic) bond motifs is 14. The van der Waals surface area contributed by atoms with Gasteiger partial charge in [0.2, 0.25) is 7.28 Å². The molecular weight excluding hydrogens is 805 g/mol. The number of nitrogens with one attached hydrogen (secondary N) is 1. The third-order valence-electron chi connectivity index (χ3n) is 16.9. The van der Waals surface area contributed by atoms with Crippen molar-refractivity contribution in [1.82, 2.24) is 9.13 Å². The molecular formula is C60H54BN3O2. The Morgan fingerprint density at radius 1 is 0.515 bits per heavy atom. The average Bonchev–Trinajstić information content (AvgIpc) is 3.96. The molecule has 0 atom stereocenters. The predicted octanol–water partition coefficient (Wildman–Crippen LogP) is 14.5. The Balaban J connectivity index is 1.19. The summed E-state index contributed by atoms with van der Waals surface area (Å²) in [5.74, 6) is 1.66. The van der Waals surface area contributed by atoms with E-state index in [-0.39, 0.29) is 21.7 Å². The maximum absolute atomic E-state index is 7.31. The van der Waals surface area contributed by atoms with Gasteiger partial charge in [0.1, 0.15) is 5.58 Å². The molecule has 0 bridgehead atoms. The molecule has 7 aromatic carbocycles. The summed E-state index contributed by atoms with van der Waals surface area (Å²) >= 11 is 0. The second-order valence-electron chi connectivity index (χ2n) is 22.6. The third kappa shape index (κ3) is 5.02. The Morgan fingerprint density at radius 2 is 1.09 bits per heavy atom. The van der Waals surface area contributed by atoms with Crippen LogP contribution in [-0.4, -0.2) is 16.4 Å². The van der Waals surface area contributed by atoms with Crippen LogP contribution in [0, 0.1) is 0 Å². The summed E-state index contributed by atoms with van der Waals surface area (Å²) in [6.07, 6.45) is 4.61. The van der Waals surface area contributed by atoms with Gasteiger partial charge in [-0.3, -0.25) is 0 Å². The zero-order chi connectivity index (χ0) is 44.8. The molecule has 10 aromatic rings. The number of furan rings is 1. The van der Waals surface area contributed by atoms with Gasteiger partial charge in [-0.05, 0) is 141 Å². The lowest BCUT2D eigenvalue weighted by Crippen LogP contribution is -2.36. The first-order chi connectivity index (χ1) is 31.7. The number of hydrogen-bond acceptors (Lipinski definition) is 3. The van der Waals surface area contributed by atoms with E-state index in [1.807, 2.05) is 12.1 Å². The number of ether oxygens (including phenoxy) is 1. The van der Waals surface area contributed by atoms with E-state index in [2.05, 4.69) is 179 Å². The minimum Gasteiger partial charge on any atom is -0.469 e. The maximum Gasteiger partial charge on any atom is 0.244 e. The summed E-state index contributed by atoms with van der Waals surface area (Å²) in [5.41, 5.74) is 20.8. The number of para-hydroxylation sites is 5. The van der Waals surface area contributed by atoms with E-state index in [9.17, 15) is 0 Å². The van der Waals surface area contributed by atoms with Crippen molar-refractivity contribution in [2.45, 2.75) is 103 Å². The summed E-state index contributed by atoms with van der Waals surface area (Å²) in [6, 6.07) is 45.4. The molecule has 66 heavy (non-hydrogen) atoms. The Labute approximate surface area is 386 Å². The van der Waals surface area contributed by atoms with E-state index in [1.165, 1.54) is 93.7 Å². The van der Waals surface area contributed by atoms with E-state index in [0.717, 1.165) is 65.4 Å². The normalized spacial score (nSPS) is 18.0. The van der Waals surface area contributed by atoms with E-state index in [0.29, 0.717) is 7.28 Å². The highest BCUT2D eigenvalue weighted by Crippen LogP contribution is 2.53. The number of aromatic nitrogens is 2. The molecule has 4 aliphatic rings.